The number of rotatable bonds is 6. The van der Waals surface area contributed by atoms with Gasteiger partial charge in [-0.15, -0.1) is 0 Å². The van der Waals surface area contributed by atoms with E-state index in [2.05, 4.69) is 10.1 Å². The molecule has 0 bridgehead atoms. The summed E-state index contributed by atoms with van der Waals surface area (Å²) in [5.74, 6) is -0.490. The summed E-state index contributed by atoms with van der Waals surface area (Å²) in [4.78, 5) is 21.6. The number of hydrogen-bond donors (Lipinski definition) is 2. The van der Waals surface area contributed by atoms with Crippen LogP contribution in [-0.4, -0.2) is 30.6 Å². The van der Waals surface area contributed by atoms with Gasteiger partial charge in [-0.2, -0.15) is 0 Å². The van der Waals surface area contributed by atoms with E-state index in [1.807, 2.05) is 0 Å². The van der Waals surface area contributed by atoms with Crippen LogP contribution in [0.1, 0.15) is 5.56 Å². The molecule has 0 heterocycles. The number of esters is 1. The molecule has 0 amide bonds. The van der Waals surface area contributed by atoms with Crippen LogP contribution in [0.5, 0.6) is 0 Å². The molecule has 3 N–H and O–H groups in total. The number of nitrogens with zero attached hydrogens (tertiary/aromatic N) is 1. The van der Waals surface area contributed by atoms with Crippen molar-refractivity contribution in [1.82, 2.24) is 5.32 Å². The number of nitrogens with one attached hydrogen (secondary N) is 1. The molecule has 7 heteroatoms. The van der Waals surface area contributed by atoms with Crippen molar-refractivity contribution in [2.75, 3.05) is 13.7 Å². The molecule has 98 valence electrons. The fraction of sp³-hybridized carbons (Fsp3) is 0.364. The Morgan fingerprint density at radius 1 is 1.56 bits per heavy atom. The van der Waals surface area contributed by atoms with Crippen LogP contribution < -0.4 is 11.1 Å². The van der Waals surface area contributed by atoms with E-state index in [4.69, 9.17) is 5.73 Å². The first-order valence-electron chi connectivity index (χ1n) is 5.33. The normalized spacial score (nSPS) is 11.9. The molecule has 0 aliphatic rings. The third-order valence-corrected chi connectivity index (χ3v) is 2.45. The van der Waals surface area contributed by atoms with Gasteiger partial charge in [-0.3, -0.25) is 20.2 Å². The summed E-state index contributed by atoms with van der Waals surface area (Å²) in [5, 5.41) is 13.6. The van der Waals surface area contributed by atoms with Crippen molar-refractivity contribution < 1.29 is 14.5 Å². The molecule has 1 aromatic rings. The van der Waals surface area contributed by atoms with Gasteiger partial charge < -0.3 is 10.5 Å². The van der Waals surface area contributed by atoms with Gasteiger partial charge in [-0.25, -0.2) is 0 Å². The van der Waals surface area contributed by atoms with Crippen molar-refractivity contribution in [3.8, 4) is 0 Å². The Hall–Kier alpha value is -1.99. The average molecular weight is 253 g/mol. The van der Waals surface area contributed by atoms with E-state index in [0.29, 0.717) is 5.56 Å². The van der Waals surface area contributed by atoms with Crippen LogP contribution in [0, 0.1) is 10.1 Å². The Bertz CT molecular complexity index is 436. The number of para-hydroxylation sites is 1. The van der Waals surface area contributed by atoms with E-state index < -0.39 is 16.9 Å². The van der Waals surface area contributed by atoms with Crippen molar-refractivity contribution in [1.29, 1.82) is 0 Å². The fourth-order valence-electron chi connectivity index (χ4n) is 1.48. The number of benzene rings is 1. The molecule has 1 aromatic carbocycles. The van der Waals surface area contributed by atoms with Crippen molar-refractivity contribution in [2.45, 2.75) is 12.6 Å². The zero-order valence-electron chi connectivity index (χ0n) is 9.96. The van der Waals surface area contributed by atoms with Gasteiger partial charge in [-0.05, 0) is 0 Å². The number of ether oxygens (including phenoxy) is 1. The molecule has 18 heavy (non-hydrogen) atoms. The highest BCUT2D eigenvalue weighted by Crippen LogP contribution is 2.17. The third-order valence-electron chi connectivity index (χ3n) is 2.45. The number of methoxy groups -OCH3 is 1. The topological polar surface area (TPSA) is 107 Å². The van der Waals surface area contributed by atoms with Crippen molar-refractivity contribution in [3.05, 3.63) is 39.9 Å². The molecule has 1 rings (SSSR count). The molecule has 7 nitrogen and oxygen atoms in total. The Labute approximate surface area is 104 Å². The molecule has 0 radical (unpaired) electrons. The summed E-state index contributed by atoms with van der Waals surface area (Å²) in [6.07, 6.45) is 0. The first kappa shape index (κ1) is 14.1. The second kappa shape index (κ2) is 6.67. The van der Waals surface area contributed by atoms with E-state index in [-0.39, 0.29) is 18.8 Å². The number of carbonyl (C=O) groups is 1. The lowest BCUT2D eigenvalue weighted by atomic mass is 10.1. The Balaban J connectivity index is 2.73. The first-order chi connectivity index (χ1) is 8.60. The maximum Gasteiger partial charge on any atom is 0.324 e. The molecule has 0 fully saturated rings. The largest absolute Gasteiger partial charge is 0.468 e. The minimum atomic E-state index is -0.671. The number of nitro benzene ring substituents is 1. The molecule has 0 aliphatic heterocycles. The molecule has 0 saturated carbocycles. The highest BCUT2D eigenvalue weighted by molar-refractivity contribution is 5.75. The standard InChI is InChI=1S/C11H15N3O4/c1-18-11(15)9(6-12)13-7-8-4-2-3-5-10(8)14(16)17/h2-5,9,13H,6-7,12H2,1H3. The van der Waals surface area contributed by atoms with Crippen molar-refractivity contribution in [2.24, 2.45) is 5.73 Å². The van der Waals surface area contributed by atoms with E-state index in [1.54, 1.807) is 18.2 Å². The van der Waals surface area contributed by atoms with Gasteiger partial charge in [0.05, 0.1) is 12.0 Å². The molecule has 0 aliphatic carbocycles. The van der Waals surface area contributed by atoms with Crippen LogP contribution in [0.3, 0.4) is 0 Å². The molecule has 0 aromatic heterocycles. The second-order valence-corrected chi connectivity index (χ2v) is 3.58. The second-order valence-electron chi connectivity index (χ2n) is 3.58. The summed E-state index contributed by atoms with van der Waals surface area (Å²) >= 11 is 0. The van der Waals surface area contributed by atoms with Crippen LogP contribution in [0.15, 0.2) is 24.3 Å². The highest BCUT2D eigenvalue weighted by atomic mass is 16.6. The van der Waals surface area contributed by atoms with Gasteiger partial charge in [0.1, 0.15) is 6.04 Å². The minimum Gasteiger partial charge on any atom is -0.468 e. The van der Waals surface area contributed by atoms with E-state index >= 15 is 0 Å². The van der Waals surface area contributed by atoms with Crippen LogP contribution >= 0.6 is 0 Å². The maximum atomic E-state index is 11.3. The van der Waals surface area contributed by atoms with Crippen LogP contribution in [0.25, 0.3) is 0 Å². The van der Waals surface area contributed by atoms with Crippen LogP contribution in [0.2, 0.25) is 0 Å². The number of nitrogens with two attached hydrogens (primary N) is 1. The predicted octanol–water partition coefficient (Wildman–Crippen LogP) is 0.185. The maximum absolute atomic E-state index is 11.3. The van der Waals surface area contributed by atoms with E-state index in [9.17, 15) is 14.9 Å². The predicted molar refractivity (Wildman–Crippen MR) is 64.8 cm³/mol. The fourth-order valence-corrected chi connectivity index (χ4v) is 1.48. The van der Waals surface area contributed by atoms with E-state index in [0.717, 1.165) is 0 Å². The summed E-state index contributed by atoms with van der Waals surface area (Å²) in [7, 11) is 1.26. The van der Waals surface area contributed by atoms with E-state index in [1.165, 1.54) is 13.2 Å². The highest BCUT2D eigenvalue weighted by Gasteiger charge is 2.18. The van der Waals surface area contributed by atoms with Gasteiger partial charge in [0.25, 0.3) is 5.69 Å². The van der Waals surface area contributed by atoms with Crippen molar-refractivity contribution >= 4 is 11.7 Å². The molecule has 0 saturated heterocycles. The third kappa shape index (κ3) is 3.51. The molecule has 1 unspecified atom stereocenters. The monoisotopic (exact) mass is 253 g/mol. The molecular formula is C11H15N3O4. The lowest BCUT2D eigenvalue weighted by Gasteiger charge is -2.14. The summed E-state index contributed by atoms with van der Waals surface area (Å²) in [6, 6.07) is 5.64. The van der Waals surface area contributed by atoms with Crippen LogP contribution in [0.4, 0.5) is 5.69 Å². The molecule has 0 spiro atoms. The zero-order chi connectivity index (χ0) is 13.5. The number of carbonyl (C=O) groups excluding carboxylic acids is 1. The molecular weight excluding hydrogens is 238 g/mol. The summed E-state index contributed by atoms with van der Waals surface area (Å²) < 4.78 is 4.55. The van der Waals surface area contributed by atoms with Gasteiger partial charge in [0, 0.05) is 24.7 Å². The SMILES string of the molecule is COC(=O)C(CN)NCc1ccccc1[N+](=O)[O-]. The van der Waals surface area contributed by atoms with Gasteiger partial charge in [0.15, 0.2) is 0 Å². The average Bonchev–Trinajstić information content (AvgIpc) is 2.39. The summed E-state index contributed by atoms with van der Waals surface area (Å²) in [5.41, 5.74) is 5.91. The van der Waals surface area contributed by atoms with Crippen LogP contribution in [-0.2, 0) is 16.1 Å². The van der Waals surface area contributed by atoms with Gasteiger partial charge in [-0.1, -0.05) is 18.2 Å². The number of hydrogen-bond acceptors (Lipinski definition) is 6. The van der Waals surface area contributed by atoms with Crippen molar-refractivity contribution in [3.63, 3.8) is 0 Å². The smallest absolute Gasteiger partial charge is 0.324 e. The Kier molecular flexibility index (Phi) is 5.22. The zero-order valence-corrected chi connectivity index (χ0v) is 9.96. The molecule has 1 atom stereocenters. The quantitative estimate of drug-likeness (QED) is 0.425. The Morgan fingerprint density at radius 2 is 2.22 bits per heavy atom. The van der Waals surface area contributed by atoms with Gasteiger partial charge in [0.2, 0.25) is 0 Å². The minimum absolute atomic E-state index is 0.00522. The lowest BCUT2D eigenvalue weighted by Crippen LogP contribution is -2.43. The Morgan fingerprint density at radius 3 is 2.78 bits per heavy atom. The van der Waals surface area contributed by atoms with Gasteiger partial charge >= 0.3 is 5.97 Å². The summed E-state index contributed by atoms with van der Waals surface area (Å²) in [6.45, 7) is 0.238. The first-order valence-corrected chi connectivity index (χ1v) is 5.33. The number of nitro groups is 1. The lowest BCUT2D eigenvalue weighted by molar-refractivity contribution is -0.385.